The first-order valence-corrected chi connectivity index (χ1v) is 11.0. The van der Waals surface area contributed by atoms with Gasteiger partial charge in [-0.25, -0.2) is 8.42 Å². The SMILES string of the molecule is Cc1cc(-c2cccc(NS(C)(=O)=O)c2)cc2c1C(=O)N(C(C)C(C)C)C2. The van der Waals surface area contributed by atoms with Gasteiger partial charge in [0.05, 0.1) is 6.26 Å². The van der Waals surface area contributed by atoms with Crippen molar-refractivity contribution < 1.29 is 13.2 Å². The van der Waals surface area contributed by atoms with E-state index < -0.39 is 10.0 Å². The fraction of sp³-hybridized carbons (Fsp3) is 0.381. The van der Waals surface area contributed by atoms with Crippen LogP contribution in [0.4, 0.5) is 5.69 Å². The van der Waals surface area contributed by atoms with Crippen LogP contribution >= 0.6 is 0 Å². The molecule has 1 amide bonds. The van der Waals surface area contributed by atoms with Crippen molar-refractivity contribution in [3.05, 3.63) is 53.1 Å². The average molecular weight is 387 g/mol. The van der Waals surface area contributed by atoms with Crippen LogP contribution in [0.2, 0.25) is 0 Å². The van der Waals surface area contributed by atoms with Gasteiger partial charge in [-0.2, -0.15) is 0 Å². The minimum absolute atomic E-state index is 0.0998. The van der Waals surface area contributed by atoms with Gasteiger partial charge in [-0.3, -0.25) is 9.52 Å². The molecule has 1 aliphatic rings. The Morgan fingerprint density at radius 3 is 2.41 bits per heavy atom. The second-order valence-electron chi connectivity index (χ2n) is 7.70. The van der Waals surface area contributed by atoms with Crippen LogP contribution in [0, 0.1) is 12.8 Å². The number of anilines is 1. The van der Waals surface area contributed by atoms with Crippen LogP contribution in [0.25, 0.3) is 11.1 Å². The number of hydrogen-bond donors (Lipinski definition) is 1. The van der Waals surface area contributed by atoms with Crippen molar-refractivity contribution in [2.75, 3.05) is 11.0 Å². The number of hydrogen-bond acceptors (Lipinski definition) is 3. The Balaban J connectivity index is 1.98. The smallest absolute Gasteiger partial charge is 0.255 e. The van der Waals surface area contributed by atoms with E-state index in [0.29, 0.717) is 18.2 Å². The third-order valence-electron chi connectivity index (χ3n) is 5.19. The van der Waals surface area contributed by atoms with Crippen LogP contribution in [0.3, 0.4) is 0 Å². The molecule has 0 bridgehead atoms. The van der Waals surface area contributed by atoms with E-state index in [-0.39, 0.29) is 11.9 Å². The topological polar surface area (TPSA) is 66.5 Å². The minimum Gasteiger partial charge on any atom is -0.331 e. The fourth-order valence-corrected chi connectivity index (χ4v) is 4.08. The van der Waals surface area contributed by atoms with Crippen molar-refractivity contribution >= 4 is 21.6 Å². The molecule has 1 heterocycles. The summed E-state index contributed by atoms with van der Waals surface area (Å²) < 4.78 is 25.5. The number of fused-ring (bicyclic) bond motifs is 1. The van der Waals surface area contributed by atoms with Crippen molar-refractivity contribution in [3.63, 3.8) is 0 Å². The third kappa shape index (κ3) is 4.00. The lowest BCUT2D eigenvalue weighted by atomic mass is 9.96. The van der Waals surface area contributed by atoms with Gasteiger partial charge < -0.3 is 4.90 Å². The van der Waals surface area contributed by atoms with E-state index in [9.17, 15) is 13.2 Å². The highest BCUT2D eigenvalue weighted by atomic mass is 32.2. The maximum Gasteiger partial charge on any atom is 0.255 e. The minimum atomic E-state index is -3.33. The highest BCUT2D eigenvalue weighted by Crippen LogP contribution is 2.34. The quantitative estimate of drug-likeness (QED) is 0.843. The molecule has 0 saturated heterocycles. The molecule has 1 N–H and O–H groups in total. The van der Waals surface area contributed by atoms with Gasteiger partial charge in [0.2, 0.25) is 10.0 Å². The molecular formula is C21H26N2O3S. The first-order chi connectivity index (χ1) is 12.6. The molecule has 2 aromatic carbocycles. The van der Waals surface area contributed by atoms with Crippen LogP contribution in [0.15, 0.2) is 36.4 Å². The van der Waals surface area contributed by atoms with E-state index in [2.05, 4.69) is 25.5 Å². The zero-order valence-corrected chi connectivity index (χ0v) is 17.2. The van der Waals surface area contributed by atoms with Gasteiger partial charge in [-0.15, -0.1) is 0 Å². The highest BCUT2D eigenvalue weighted by molar-refractivity contribution is 7.92. The van der Waals surface area contributed by atoms with Crippen LogP contribution < -0.4 is 4.72 Å². The summed E-state index contributed by atoms with van der Waals surface area (Å²) in [6, 6.07) is 11.5. The van der Waals surface area contributed by atoms with Crippen LogP contribution in [-0.2, 0) is 16.6 Å². The van der Waals surface area contributed by atoms with Crippen LogP contribution in [0.5, 0.6) is 0 Å². The number of aryl methyl sites for hydroxylation is 1. The molecule has 0 aromatic heterocycles. The summed E-state index contributed by atoms with van der Waals surface area (Å²) in [4.78, 5) is 14.8. The molecule has 27 heavy (non-hydrogen) atoms. The number of nitrogens with one attached hydrogen (secondary N) is 1. The molecule has 0 spiro atoms. The summed E-state index contributed by atoms with van der Waals surface area (Å²) in [5, 5.41) is 0. The Hall–Kier alpha value is -2.34. The lowest BCUT2D eigenvalue weighted by Crippen LogP contribution is -2.36. The summed E-state index contributed by atoms with van der Waals surface area (Å²) in [6.45, 7) is 8.91. The average Bonchev–Trinajstić information content (AvgIpc) is 2.90. The Morgan fingerprint density at radius 2 is 1.78 bits per heavy atom. The highest BCUT2D eigenvalue weighted by Gasteiger charge is 2.33. The molecule has 6 heteroatoms. The number of rotatable bonds is 5. The van der Waals surface area contributed by atoms with Gasteiger partial charge in [0, 0.05) is 23.8 Å². The van der Waals surface area contributed by atoms with Crippen molar-refractivity contribution in [1.29, 1.82) is 0 Å². The molecule has 0 fully saturated rings. The molecule has 3 rings (SSSR count). The largest absolute Gasteiger partial charge is 0.331 e. The monoisotopic (exact) mass is 386 g/mol. The Kier molecular flexibility index (Phi) is 5.04. The molecular weight excluding hydrogens is 360 g/mol. The molecule has 2 aromatic rings. The number of sulfonamides is 1. The molecule has 5 nitrogen and oxygen atoms in total. The maximum absolute atomic E-state index is 12.9. The molecule has 144 valence electrons. The Bertz CT molecular complexity index is 996. The van der Waals surface area contributed by atoms with Gasteiger partial charge in [0.25, 0.3) is 5.91 Å². The van der Waals surface area contributed by atoms with Gasteiger partial charge >= 0.3 is 0 Å². The van der Waals surface area contributed by atoms with E-state index in [1.165, 1.54) is 0 Å². The number of nitrogens with zero attached hydrogens (tertiary/aromatic N) is 1. The standard InChI is InChI=1S/C21H26N2O3S/c1-13(2)15(4)23-12-18-10-17(9-14(3)20(18)21(23)24)16-7-6-8-19(11-16)22-27(5,25)26/h6-11,13,15,22H,12H2,1-5H3. The van der Waals surface area contributed by atoms with E-state index in [1.54, 1.807) is 6.07 Å². The number of amides is 1. The van der Waals surface area contributed by atoms with Crippen molar-refractivity contribution in [2.45, 2.75) is 40.3 Å². The third-order valence-corrected chi connectivity index (χ3v) is 5.79. The molecule has 0 saturated carbocycles. The van der Waals surface area contributed by atoms with E-state index in [1.807, 2.05) is 42.2 Å². The van der Waals surface area contributed by atoms with Crippen molar-refractivity contribution in [3.8, 4) is 11.1 Å². The predicted octanol–water partition coefficient (Wildman–Crippen LogP) is 4.03. The van der Waals surface area contributed by atoms with Crippen LogP contribution in [0.1, 0.15) is 42.3 Å². The summed E-state index contributed by atoms with van der Waals surface area (Å²) in [5.74, 6) is 0.490. The summed E-state index contributed by atoms with van der Waals surface area (Å²) >= 11 is 0. The van der Waals surface area contributed by atoms with E-state index in [0.717, 1.165) is 34.1 Å². The summed E-state index contributed by atoms with van der Waals surface area (Å²) in [6.07, 6.45) is 1.13. The first kappa shape index (κ1) is 19.4. The Morgan fingerprint density at radius 1 is 1.07 bits per heavy atom. The Labute approximate surface area is 161 Å². The normalized spacial score (nSPS) is 15.2. The van der Waals surface area contributed by atoms with Gasteiger partial charge in [0.15, 0.2) is 0 Å². The van der Waals surface area contributed by atoms with E-state index >= 15 is 0 Å². The number of benzene rings is 2. The molecule has 0 radical (unpaired) electrons. The lowest BCUT2D eigenvalue weighted by molar-refractivity contribution is 0.0672. The first-order valence-electron chi connectivity index (χ1n) is 9.09. The number of carbonyl (C=O) groups excluding carboxylic acids is 1. The van der Waals surface area contributed by atoms with Gasteiger partial charge in [0.1, 0.15) is 0 Å². The maximum atomic E-state index is 12.9. The van der Waals surface area contributed by atoms with Gasteiger partial charge in [-0.05, 0) is 60.2 Å². The van der Waals surface area contributed by atoms with Crippen molar-refractivity contribution in [1.82, 2.24) is 4.90 Å². The second-order valence-corrected chi connectivity index (χ2v) is 9.45. The summed E-state index contributed by atoms with van der Waals surface area (Å²) in [5.41, 5.74) is 5.21. The van der Waals surface area contributed by atoms with Crippen LogP contribution in [-0.4, -0.2) is 31.5 Å². The second kappa shape index (κ2) is 7.00. The molecule has 1 atom stereocenters. The molecule has 1 aliphatic heterocycles. The van der Waals surface area contributed by atoms with Gasteiger partial charge in [-0.1, -0.05) is 32.0 Å². The lowest BCUT2D eigenvalue weighted by Gasteiger charge is -2.27. The predicted molar refractivity (Wildman–Crippen MR) is 109 cm³/mol. The molecule has 0 aliphatic carbocycles. The molecule has 1 unspecified atom stereocenters. The fourth-order valence-electron chi connectivity index (χ4n) is 3.52. The summed E-state index contributed by atoms with van der Waals surface area (Å²) in [7, 11) is -3.33. The van der Waals surface area contributed by atoms with Crippen molar-refractivity contribution in [2.24, 2.45) is 5.92 Å². The zero-order chi connectivity index (χ0) is 19.9. The van der Waals surface area contributed by atoms with E-state index in [4.69, 9.17) is 0 Å². The zero-order valence-electron chi connectivity index (χ0n) is 16.4. The number of carbonyl (C=O) groups is 1.